The molecule has 3 heteroatoms. The molecule has 1 saturated heterocycles. The monoisotopic (exact) mass is 252 g/mol. The number of nitrogens with zero attached hydrogens (tertiary/aromatic N) is 2. The number of rotatable bonds is 2. The van der Waals surface area contributed by atoms with Gasteiger partial charge in [-0.3, -0.25) is 9.78 Å². The van der Waals surface area contributed by atoms with Crippen molar-refractivity contribution >= 4 is 5.91 Å². The Morgan fingerprint density at radius 1 is 1.16 bits per heavy atom. The number of carbonyl (C=O) groups is 1. The lowest BCUT2D eigenvalue weighted by Crippen LogP contribution is -2.30. The molecule has 19 heavy (non-hydrogen) atoms. The zero-order valence-corrected chi connectivity index (χ0v) is 10.7. The predicted octanol–water partition coefficient (Wildman–Crippen LogP) is 3.06. The molecule has 0 spiro atoms. The second kappa shape index (κ2) is 5.22. The van der Waals surface area contributed by atoms with Gasteiger partial charge >= 0.3 is 0 Å². The first-order valence-electron chi connectivity index (χ1n) is 6.62. The molecule has 1 aliphatic heterocycles. The second-order valence-electron chi connectivity index (χ2n) is 4.81. The Kier molecular flexibility index (Phi) is 3.27. The molecule has 0 unspecified atom stereocenters. The van der Waals surface area contributed by atoms with Crippen LogP contribution in [-0.2, 0) is 0 Å². The van der Waals surface area contributed by atoms with Gasteiger partial charge in [0.1, 0.15) is 0 Å². The molecule has 96 valence electrons. The molecule has 1 fully saturated rings. The number of pyridine rings is 1. The van der Waals surface area contributed by atoms with Crippen molar-refractivity contribution in [2.24, 2.45) is 0 Å². The van der Waals surface area contributed by atoms with Crippen molar-refractivity contribution in [1.82, 2.24) is 9.88 Å². The van der Waals surface area contributed by atoms with Gasteiger partial charge in [-0.2, -0.15) is 0 Å². The van der Waals surface area contributed by atoms with Crippen LogP contribution in [0.15, 0.2) is 54.9 Å². The van der Waals surface area contributed by atoms with Crippen molar-refractivity contribution in [2.75, 3.05) is 6.54 Å². The molecule has 1 amide bonds. The first kappa shape index (κ1) is 11.9. The summed E-state index contributed by atoms with van der Waals surface area (Å²) in [5, 5.41) is 0. The van der Waals surface area contributed by atoms with Crippen molar-refractivity contribution in [2.45, 2.75) is 18.9 Å². The average Bonchev–Trinajstić information content (AvgIpc) is 2.98. The van der Waals surface area contributed by atoms with Crippen LogP contribution in [0.3, 0.4) is 0 Å². The summed E-state index contributed by atoms with van der Waals surface area (Å²) in [4.78, 5) is 18.7. The molecule has 0 aliphatic carbocycles. The van der Waals surface area contributed by atoms with E-state index >= 15 is 0 Å². The first-order chi connectivity index (χ1) is 9.36. The molecule has 0 saturated carbocycles. The molecule has 3 rings (SSSR count). The van der Waals surface area contributed by atoms with Gasteiger partial charge in [0.15, 0.2) is 0 Å². The third-order valence-electron chi connectivity index (χ3n) is 3.60. The summed E-state index contributed by atoms with van der Waals surface area (Å²) in [7, 11) is 0. The van der Waals surface area contributed by atoms with Gasteiger partial charge < -0.3 is 4.90 Å². The zero-order valence-electron chi connectivity index (χ0n) is 10.7. The molecular weight excluding hydrogens is 236 g/mol. The highest BCUT2D eigenvalue weighted by atomic mass is 16.2. The third-order valence-corrected chi connectivity index (χ3v) is 3.60. The highest BCUT2D eigenvalue weighted by Crippen LogP contribution is 2.32. The topological polar surface area (TPSA) is 33.2 Å². The van der Waals surface area contributed by atoms with Gasteiger partial charge in [-0.15, -0.1) is 0 Å². The summed E-state index contributed by atoms with van der Waals surface area (Å²) in [6.45, 7) is 0.827. The van der Waals surface area contributed by atoms with E-state index in [4.69, 9.17) is 0 Å². The van der Waals surface area contributed by atoms with Crippen LogP contribution in [0.1, 0.15) is 34.8 Å². The van der Waals surface area contributed by atoms with Crippen molar-refractivity contribution in [1.29, 1.82) is 0 Å². The summed E-state index contributed by atoms with van der Waals surface area (Å²) in [6, 6.07) is 13.6. The summed E-state index contributed by atoms with van der Waals surface area (Å²) in [6.07, 6.45) is 5.70. The van der Waals surface area contributed by atoms with E-state index in [1.54, 1.807) is 6.20 Å². The van der Waals surface area contributed by atoms with Crippen LogP contribution in [0.2, 0.25) is 0 Å². The van der Waals surface area contributed by atoms with Crippen LogP contribution in [0.5, 0.6) is 0 Å². The van der Waals surface area contributed by atoms with Crippen molar-refractivity contribution < 1.29 is 4.79 Å². The third kappa shape index (κ3) is 2.36. The zero-order chi connectivity index (χ0) is 13.1. The molecule has 3 nitrogen and oxygen atoms in total. The largest absolute Gasteiger partial charge is 0.332 e. The minimum Gasteiger partial charge on any atom is -0.332 e. The van der Waals surface area contributed by atoms with Crippen molar-refractivity contribution in [3.05, 3.63) is 66.0 Å². The van der Waals surface area contributed by atoms with Crippen LogP contribution >= 0.6 is 0 Å². The number of amides is 1. The fraction of sp³-hybridized carbons (Fsp3) is 0.250. The Bertz CT molecular complexity index is 553. The van der Waals surface area contributed by atoms with Crippen molar-refractivity contribution in [3.8, 4) is 0 Å². The number of benzene rings is 1. The normalized spacial score (nSPS) is 18.5. The van der Waals surface area contributed by atoms with Crippen LogP contribution in [0.25, 0.3) is 0 Å². The van der Waals surface area contributed by atoms with Crippen LogP contribution in [0, 0.1) is 0 Å². The van der Waals surface area contributed by atoms with Gasteiger partial charge in [-0.25, -0.2) is 0 Å². The van der Waals surface area contributed by atoms with Gasteiger partial charge in [0.05, 0.1) is 6.04 Å². The fourth-order valence-electron chi connectivity index (χ4n) is 2.68. The van der Waals surface area contributed by atoms with E-state index in [0.29, 0.717) is 0 Å². The Morgan fingerprint density at radius 2 is 2.00 bits per heavy atom. The van der Waals surface area contributed by atoms with E-state index in [1.165, 1.54) is 0 Å². The highest BCUT2D eigenvalue weighted by molar-refractivity contribution is 5.94. The van der Waals surface area contributed by atoms with Crippen LogP contribution < -0.4 is 0 Å². The molecule has 1 atom stereocenters. The molecule has 2 aromatic rings. The molecule has 0 N–H and O–H groups in total. The lowest BCUT2D eigenvalue weighted by molar-refractivity contribution is 0.0735. The maximum Gasteiger partial charge on any atom is 0.254 e. The van der Waals surface area contributed by atoms with Gasteiger partial charge in [0, 0.05) is 24.5 Å². The summed E-state index contributed by atoms with van der Waals surface area (Å²) in [5.74, 6) is 0.118. The SMILES string of the molecule is O=C(c1ccccc1)N1CCC[C@H]1c1cccnc1. The van der Waals surface area contributed by atoms with E-state index in [0.717, 1.165) is 30.5 Å². The summed E-state index contributed by atoms with van der Waals surface area (Å²) >= 11 is 0. The van der Waals surface area contributed by atoms with Gasteiger partial charge in [0.25, 0.3) is 5.91 Å². The van der Waals surface area contributed by atoms with E-state index in [1.807, 2.05) is 53.6 Å². The minimum absolute atomic E-state index is 0.118. The quantitative estimate of drug-likeness (QED) is 0.823. The number of likely N-dealkylation sites (tertiary alicyclic amines) is 1. The van der Waals surface area contributed by atoms with Gasteiger partial charge in [0.2, 0.25) is 0 Å². The number of carbonyl (C=O) groups excluding carboxylic acids is 1. The lowest BCUT2D eigenvalue weighted by atomic mass is 10.1. The van der Waals surface area contributed by atoms with E-state index in [2.05, 4.69) is 4.98 Å². The van der Waals surface area contributed by atoms with Crippen LogP contribution in [-0.4, -0.2) is 22.3 Å². The number of hydrogen-bond acceptors (Lipinski definition) is 2. The Balaban J connectivity index is 1.86. The number of aromatic nitrogens is 1. The molecule has 1 aromatic heterocycles. The molecular formula is C16H16N2O. The fourth-order valence-corrected chi connectivity index (χ4v) is 2.68. The van der Waals surface area contributed by atoms with Crippen molar-refractivity contribution in [3.63, 3.8) is 0 Å². The second-order valence-corrected chi connectivity index (χ2v) is 4.81. The molecule has 2 heterocycles. The Labute approximate surface area is 112 Å². The molecule has 1 aromatic carbocycles. The maximum atomic E-state index is 12.5. The standard InChI is InChI=1S/C16H16N2O/c19-16(13-6-2-1-3-7-13)18-11-5-9-15(18)14-8-4-10-17-12-14/h1-4,6-8,10,12,15H,5,9,11H2/t15-/m0/s1. The summed E-state index contributed by atoms with van der Waals surface area (Å²) < 4.78 is 0. The highest BCUT2D eigenvalue weighted by Gasteiger charge is 2.30. The Hall–Kier alpha value is -2.16. The maximum absolute atomic E-state index is 12.5. The molecule has 0 radical (unpaired) electrons. The minimum atomic E-state index is 0.118. The van der Waals surface area contributed by atoms with Crippen LogP contribution in [0.4, 0.5) is 0 Å². The predicted molar refractivity (Wildman–Crippen MR) is 73.7 cm³/mol. The smallest absolute Gasteiger partial charge is 0.254 e. The Morgan fingerprint density at radius 3 is 2.74 bits per heavy atom. The van der Waals surface area contributed by atoms with Gasteiger partial charge in [-0.05, 0) is 36.6 Å². The van der Waals surface area contributed by atoms with E-state index in [9.17, 15) is 4.79 Å². The number of hydrogen-bond donors (Lipinski definition) is 0. The average molecular weight is 252 g/mol. The first-order valence-corrected chi connectivity index (χ1v) is 6.62. The molecule has 1 aliphatic rings. The van der Waals surface area contributed by atoms with E-state index < -0.39 is 0 Å². The molecule has 0 bridgehead atoms. The lowest BCUT2D eigenvalue weighted by Gasteiger charge is -2.24. The van der Waals surface area contributed by atoms with E-state index in [-0.39, 0.29) is 11.9 Å². The van der Waals surface area contributed by atoms with Gasteiger partial charge in [-0.1, -0.05) is 24.3 Å². The summed E-state index contributed by atoms with van der Waals surface area (Å²) in [5.41, 5.74) is 1.89.